The van der Waals surface area contributed by atoms with Gasteiger partial charge < -0.3 is 10.1 Å². The topological polar surface area (TPSA) is 68.3 Å². The molecule has 24 heavy (non-hydrogen) atoms. The molecule has 0 aliphatic carbocycles. The van der Waals surface area contributed by atoms with Crippen LogP contribution in [-0.4, -0.2) is 23.5 Å². The Hall–Kier alpha value is -2.44. The van der Waals surface area contributed by atoms with Crippen LogP contribution < -0.4 is 5.32 Å². The first-order chi connectivity index (χ1) is 11.5. The van der Waals surface area contributed by atoms with Gasteiger partial charge in [-0.05, 0) is 42.8 Å². The Morgan fingerprint density at radius 2 is 2.08 bits per heavy atom. The third kappa shape index (κ3) is 3.72. The number of ether oxygens (including phenoxy) is 1. The smallest absolute Gasteiger partial charge is 0.338 e. The number of aryl methyl sites for hydroxylation is 1. The monoisotopic (exact) mass is 360 g/mol. The van der Waals surface area contributed by atoms with Crippen molar-refractivity contribution in [2.24, 2.45) is 0 Å². The molecule has 7 heteroatoms. The van der Waals surface area contributed by atoms with Crippen LogP contribution in [0.4, 0.5) is 5.69 Å². The van der Waals surface area contributed by atoms with Gasteiger partial charge >= 0.3 is 5.97 Å². The molecule has 122 valence electrons. The number of hydrogen-bond acceptors (Lipinski definition) is 5. The van der Waals surface area contributed by atoms with Crippen molar-refractivity contribution in [3.05, 3.63) is 58.1 Å². The van der Waals surface area contributed by atoms with E-state index in [1.807, 2.05) is 6.92 Å². The number of rotatable bonds is 4. The number of carbonyl (C=O) groups is 2. The molecular formula is C17H13ClN2O3S. The highest BCUT2D eigenvalue weighted by molar-refractivity contribution is 7.16. The van der Waals surface area contributed by atoms with E-state index in [1.54, 1.807) is 41.9 Å². The fraction of sp³-hybridized carbons (Fsp3) is 0.118. The first-order valence-electron chi connectivity index (χ1n) is 7.09. The zero-order valence-corrected chi connectivity index (χ0v) is 14.3. The molecule has 1 heterocycles. The van der Waals surface area contributed by atoms with Gasteiger partial charge in [0, 0.05) is 10.7 Å². The molecule has 2 aromatic carbocycles. The molecular weight excluding hydrogens is 348 g/mol. The van der Waals surface area contributed by atoms with Crippen molar-refractivity contribution in [3.8, 4) is 0 Å². The minimum Gasteiger partial charge on any atom is -0.452 e. The van der Waals surface area contributed by atoms with Gasteiger partial charge in [0.25, 0.3) is 5.91 Å². The summed E-state index contributed by atoms with van der Waals surface area (Å²) in [5.41, 5.74) is 4.38. The lowest BCUT2D eigenvalue weighted by Gasteiger charge is -2.09. The number of aromatic nitrogens is 1. The molecule has 0 fully saturated rings. The van der Waals surface area contributed by atoms with E-state index in [-0.39, 0.29) is 6.61 Å². The number of hydrogen-bond donors (Lipinski definition) is 1. The molecule has 0 aliphatic rings. The van der Waals surface area contributed by atoms with Crippen LogP contribution in [-0.2, 0) is 9.53 Å². The predicted molar refractivity (Wildman–Crippen MR) is 94.7 cm³/mol. The number of fused-ring (bicyclic) bond motifs is 1. The molecule has 3 rings (SSSR count). The normalized spacial score (nSPS) is 10.6. The highest BCUT2D eigenvalue weighted by Gasteiger charge is 2.12. The van der Waals surface area contributed by atoms with Crippen molar-refractivity contribution in [1.82, 2.24) is 4.98 Å². The van der Waals surface area contributed by atoms with E-state index in [2.05, 4.69) is 10.3 Å². The summed E-state index contributed by atoms with van der Waals surface area (Å²) in [5, 5.41) is 3.19. The summed E-state index contributed by atoms with van der Waals surface area (Å²) in [6.07, 6.45) is 0. The van der Waals surface area contributed by atoms with Gasteiger partial charge in [-0.25, -0.2) is 9.78 Å². The molecule has 5 nitrogen and oxygen atoms in total. The minimum absolute atomic E-state index is 0.370. The number of benzene rings is 2. The van der Waals surface area contributed by atoms with Crippen LogP contribution in [0.25, 0.3) is 10.2 Å². The van der Waals surface area contributed by atoms with Crippen LogP contribution in [0, 0.1) is 6.92 Å². The SMILES string of the molecule is Cc1ccc(Cl)cc1NC(=O)COC(=O)c1ccc2ncsc2c1. The zero-order chi connectivity index (χ0) is 17.1. The number of thiazole rings is 1. The molecule has 0 atom stereocenters. The van der Waals surface area contributed by atoms with E-state index in [1.165, 1.54) is 11.3 Å². The molecule has 0 bridgehead atoms. The van der Waals surface area contributed by atoms with Gasteiger partial charge in [-0.3, -0.25) is 4.79 Å². The third-order valence-electron chi connectivity index (χ3n) is 3.38. The van der Waals surface area contributed by atoms with Crippen molar-refractivity contribution in [3.63, 3.8) is 0 Å². The molecule has 1 N–H and O–H groups in total. The summed E-state index contributed by atoms with van der Waals surface area (Å²) in [6.45, 7) is 1.48. The summed E-state index contributed by atoms with van der Waals surface area (Å²) in [6, 6.07) is 10.3. The first-order valence-corrected chi connectivity index (χ1v) is 8.35. The van der Waals surface area contributed by atoms with Crippen molar-refractivity contribution < 1.29 is 14.3 Å². The van der Waals surface area contributed by atoms with E-state index in [0.717, 1.165) is 15.8 Å². The largest absolute Gasteiger partial charge is 0.452 e. The van der Waals surface area contributed by atoms with E-state index < -0.39 is 11.9 Å². The summed E-state index contributed by atoms with van der Waals surface area (Å²) in [4.78, 5) is 28.1. The lowest BCUT2D eigenvalue weighted by atomic mass is 10.2. The Balaban J connectivity index is 1.61. The highest BCUT2D eigenvalue weighted by Crippen LogP contribution is 2.21. The second-order valence-corrected chi connectivity index (χ2v) is 6.44. The van der Waals surface area contributed by atoms with Gasteiger partial charge in [0.05, 0.1) is 21.3 Å². The van der Waals surface area contributed by atoms with Crippen LogP contribution in [0.3, 0.4) is 0 Å². The quantitative estimate of drug-likeness (QED) is 0.712. The molecule has 0 spiro atoms. The van der Waals surface area contributed by atoms with E-state index in [0.29, 0.717) is 16.3 Å². The number of carbonyl (C=O) groups excluding carboxylic acids is 2. The third-order valence-corrected chi connectivity index (χ3v) is 4.40. The molecule has 1 aromatic heterocycles. The van der Waals surface area contributed by atoms with E-state index >= 15 is 0 Å². The minimum atomic E-state index is -0.553. The second kappa shape index (κ2) is 6.98. The molecule has 1 amide bonds. The Morgan fingerprint density at radius 3 is 2.92 bits per heavy atom. The molecule has 0 unspecified atom stereocenters. The molecule has 0 saturated carbocycles. The number of halogens is 1. The number of nitrogens with zero attached hydrogens (tertiary/aromatic N) is 1. The van der Waals surface area contributed by atoms with Crippen LogP contribution in [0.5, 0.6) is 0 Å². The number of esters is 1. The molecule has 0 aliphatic heterocycles. The Kier molecular flexibility index (Phi) is 4.78. The molecule has 0 radical (unpaired) electrons. The predicted octanol–water partition coefficient (Wildman–Crippen LogP) is 4.05. The summed E-state index contributed by atoms with van der Waals surface area (Å²) < 4.78 is 5.95. The van der Waals surface area contributed by atoms with Crippen molar-refractivity contribution in [2.45, 2.75) is 6.92 Å². The summed E-state index contributed by atoms with van der Waals surface area (Å²) >= 11 is 7.34. The second-order valence-electron chi connectivity index (χ2n) is 5.12. The van der Waals surface area contributed by atoms with Crippen LogP contribution in [0.15, 0.2) is 41.9 Å². The maximum Gasteiger partial charge on any atom is 0.338 e. The Morgan fingerprint density at radius 1 is 1.25 bits per heavy atom. The Labute approximate surface area is 147 Å². The van der Waals surface area contributed by atoms with Crippen LogP contribution in [0.2, 0.25) is 5.02 Å². The lowest BCUT2D eigenvalue weighted by molar-refractivity contribution is -0.119. The van der Waals surface area contributed by atoms with E-state index in [9.17, 15) is 9.59 Å². The van der Waals surface area contributed by atoms with Crippen molar-refractivity contribution in [2.75, 3.05) is 11.9 Å². The fourth-order valence-corrected chi connectivity index (χ4v) is 3.00. The number of anilines is 1. The van der Waals surface area contributed by atoms with Gasteiger partial charge in [-0.1, -0.05) is 17.7 Å². The summed E-state index contributed by atoms with van der Waals surface area (Å²) in [7, 11) is 0. The van der Waals surface area contributed by atoms with Crippen molar-refractivity contribution in [1.29, 1.82) is 0 Å². The maximum atomic E-state index is 12.0. The van der Waals surface area contributed by atoms with Gasteiger partial charge in [-0.2, -0.15) is 0 Å². The van der Waals surface area contributed by atoms with Crippen LogP contribution in [0.1, 0.15) is 15.9 Å². The molecule has 3 aromatic rings. The molecule has 0 saturated heterocycles. The lowest BCUT2D eigenvalue weighted by Crippen LogP contribution is -2.21. The fourth-order valence-electron chi connectivity index (χ4n) is 2.11. The van der Waals surface area contributed by atoms with Gasteiger partial charge in [0.2, 0.25) is 0 Å². The average molecular weight is 361 g/mol. The van der Waals surface area contributed by atoms with Gasteiger partial charge in [0.15, 0.2) is 6.61 Å². The zero-order valence-electron chi connectivity index (χ0n) is 12.7. The average Bonchev–Trinajstić information content (AvgIpc) is 3.03. The Bertz CT molecular complexity index is 923. The first kappa shape index (κ1) is 16.4. The van der Waals surface area contributed by atoms with E-state index in [4.69, 9.17) is 16.3 Å². The van der Waals surface area contributed by atoms with Crippen molar-refractivity contribution >= 4 is 50.7 Å². The van der Waals surface area contributed by atoms with Gasteiger partial charge in [-0.15, -0.1) is 11.3 Å². The number of amides is 1. The standard InChI is InChI=1S/C17H13ClN2O3S/c1-10-2-4-12(18)7-14(10)20-16(21)8-23-17(22)11-3-5-13-15(6-11)24-9-19-13/h2-7,9H,8H2,1H3,(H,20,21). The van der Waals surface area contributed by atoms with Gasteiger partial charge in [0.1, 0.15) is 0 Å². The number of nitrogens with one attached hydrogen (secondary N) is 1. The van der Waals surface area contributed by atoms with Crippen LogP contribution >= 0.6 is 22.9 Å². The summed E-state index contributed by atoms with van der Waals surface area (Å²) in [5.74, 6) is -0.976. The maximum absolute atomic E-state index is 12.0. The highest BCUT2D eigenvalue weighted by atomic mass is 35.5.